The number of hydrogen-bond donors (Lipinski definition) is 0. The lowest BCUT2D eigenvalue weighted by atomic mass is 9.93. The summed E-state index contributed by atoms with van der Waals surface area (Å²) in [4.78, 5) is 35.0. The Morgan fingerprint density at radius 3 is 2.70 bits per heavy atom. The zero-order chi connectivity index (χ0) is 28.4. The van der Waals surface area contributed by atoms with Gasteiger partial charge in [0.25, 0.3) is 5.56 Å². The van der Waals surface area contributed by atoms with Crippen molar-refractivity contribution in [3.05, 3.63) is 77.1 Å². The number of aromatic nitrogens is 1. The number of rotatable bonds is 8. The highest BCUT2D eigenvalue weighted by Gasteiger charge is 2.36. The predicted molar refractivity (Wildman–Crippen MR) is 160 cm³/mol. The number of halogens is 1. The van der Waals surface area contributed by atoms with Crippen LogP contribution >= 0.6 is 27.3 Å². The first kappa shape index (κ1) is 28.4. The molecule has 3 aromatic rings. The molecule has 0 amide bonds. The van der Waals surface area contributed by atoms with E-state index in [1.54, 1.807) is 24.7 Å². The molecule has 8 nitrogen and oxygen atoms in total. The summed E-state index contributed by atoms with van der Waals surface area (Å²) in [5.74, 6) is 2.23. The number of furan rings is 1. The first-order chi connectivity index (χ1) is 19.3. The molecule has 0 radical (unpaired) electrons. The second-order valence-electron chi connectivity index (χ2n) is 10.1. The zero-order valence-electron chi connectivity index (χ0n) is 23.2. The lowest BCUT2D eigenvalue weighted by Crippen LogP contribution is -2.40. The Hall–Kier alpha value is -3.11. The van der Waals surface area contributed by atoms with Crippen LogP contribution in [-0.4, -0.2) is 37.3 Å². The highest BCUT2D eigenvalue weighted by molar-refractivity contribution is 9.10. The summed E-state index contributed by atoms with van der Waals surface area (Å²) in [7, 11) is 1.58. The number of allylic oxidation sites excluding steroid dienone is 1. The van der Waals surface area contributed by atoms with Crippen LogP contribution in [0.2, 0.25) is 0 Å². The molecule has 4 heterocycles. The minimum atomic E-state index is -0.756. The molecule has 40 heavy (non-hydrogen) atoms. The van der Waals surface area contributed by atoms with E-state index < -0.39 is 12.0 Å². The SMILES string of the molecule is CCCC1=C(C(=O)OCC)[C@@H](c2cc(Br)ccc2OC)n2c(s/c(=C\c3ccc(N4CCC(C)CC4)o3)c2=O)=N1. The largest absolute Gasteiger partial charge is 0.496 e. The number of carbonyl (C=O) groups excluding carboxylic acids is 1. The van der Waals surface area contributed by atoms with E-state index in [0.29, 0.717) is 44.1 Å². The van der Waals surface area contributed by atoms with Gasteiger partial charge in [0.2, 0.25) is 0 Å². The molecule has 0 spiro atoms. The highest BCUT2D eigenvalue weighted by Crippen LogP contribution is 2.38. The van der Waals surface area contributed by atoms with Crippen molar-refractivity contribution in [1.82, 2.24) is 4.57 Å². The molecule has 212 valence electrons. The van der Waals surface area contributed by atoms with Gasteiger partial charge in [-0.3, -0.25) is 9.36 Å². The molecule has 1 fully saturated rings. The highest BCUT2D eigenvalue weighted by atomic mass is 79.9. The number of methoxy groups -OCH3 is 1. The third kappa shape index (κ3) is 5.56. The fourth-order valence-electron chi connectivity index (χ4n) is 5.28. The van der Waals surface area contributed by atoms with Crippen LogP contribution in [0.15, 0.2) is 60.3 Å². The maximum absolute atomic E-state index is 14.0. The molecule has 0 N–H and O–H groups in total. The van der Waals surface area contributed by atoms with Crippen molar-refractivity contribution >= 4 is 45.2 Å². The standard InChI is InChI=1S/C30H34BrN3O5S/c1-5-7-22-26(29(36)38-6-2)27(21-16-19(31)8-10-23(21)37-4)34-28(35)24(40-30(34)32-22)17-20-9-11-25(39-20)33-14-12-18(3)13-15-33/h8-11,16-18,27H,5-7,12-15H2,1-4H3/b24-17-/t27-/m1/s1. The lowest BCUT2D eigenvalue weighted by Gasteiger charge is -2.29. The maximum atomic E-state index is 14.0. The summed E-state index contributed by atoms with van der Waals surface area (Å²) in [5.41, 5.74) is 1.41. The minimum Gasteiger partial charge on any atom is -0.496 e. The van der Waals surface area contributed by atoms with Gasteiger partial charge in [0.05, 0.1) is 29.5 Å². The normalized spacial score (nSPS) is 18.1. The summed E-state index contributed by atoms with van der Waals surface area (Å²) < 4.78 is 20.2. The van der Waals surface area contributed by atoms with Crippen LogP contribution in [0.5, 0.6) is 5.75 Å². The molecule has 2 aromatic heterocycles. The Labute approximate surface area is 245 Å². The molecule has 1 aromatic carbocycles. The fourth-order valence-corrected chi connectivity index (χ4v) is 6.66. The van der Waals surface area contributed by atoms with Crippen molar-refractivity contribution < 1.29 is 18.7 Å². The Balaban J connectivity index is 1.66. The van der Waals surface area contributed by atoms with Gasteiger partial charge in [-0.15, -0.1) is 0 Å². The Kier molecular flexibility index (Phi) is 8.65. The van der Waals surface area contributed by atoms with Gasteiger partial charge in [-0.05, 0) is 56.4 Å². The molecule has 0 bridgehead atoms. The number of piperidine rings is 1. The quantitative estimate of drug-likeness (QED) is 0.320. The van der Waals surface area contributed by atoms with Gasteiger partial charge < -0.3 is 18.8 Å². The molecule has 5 rings (SSSR count). The molecule has 10 heteroatoms. The smallest absolute Gasteiger partial charge is 0.338 e. The monoisotopic (exact) mass is 627 g/mol. The van der Waals surface area contributed by atoms with Crippen LogP contribution in [0.3, 0.4) is 0 Å². The van der Waals surface area contributed by atoms with Gasteiger partial charge in [0.15, 0.2) is 10.7 Å². The molecule has 2 aliphatic heterocycles. The first-order valence-electron chi connectivity index (χ1n) is 13.7. The van der Waals surface area contributed by atoms with E-state index in [1.165, 1.54) is 11.3 Å². The summed E-state index contributed by atoms with van der Waals surface area (Å²) in [5, 5.41) is 0. The third-order valence-corrected chi connectivity index (χ3v) is 8.84. The van der Waals surface area contributed by atoms with Crippen LogP contribution in [0, 0.1) is 5.92 Å². The second-order valence-corrected chi connectivity index (χ2v) is 12.1. The average Bonchev–Trinajstić information content (AvgIpc) is 3.53. The van der Waals surface area contributed by atoms with Crippen LogP contribution in [-0.2, 0) is 9.53 Å². The van der Waals surface area contributed by atoms with Crippen LogP contribution in [0.25, 0.3) is 6.08 Å². The topological polar surface area (TPSA) is 86.3 Å². The number of hydrogen-bond acceptors (Lipinski definition) is 8. The number of thiazole rings is 1. The Bertz CT molecular complexity index is 1610. The maximum Gasteiger partial charge on any atom is 0.338 e. The van der Waals surface area contributed by atoms with Crippen LogP contribution in [0.4, 0.5) is 5.88 Å². The summed E-state index contributed by atoms with van der Waals surface area (Å²) in [6.07, 6.45) is 5.39. The number of esters is 1. The van der Waals surface area contributed by atoms with E-state index >= 15 is 0 Å². The van der Waals surface area contributed by atoms with Crippen molar-refractivity contribution in [2.24, 2.45) is 10.9 Å². The predicted octanol–water partition coefficient (Wildman–Crippen LogP) is 5.18. The van der Waals surface area contributed by atoms with E-state index in [-0.39, 0.29) is 12.2 Å². The van der Waals surface area contributed by atoms with Crippen molar-refractivity contribution in [2.45, 2.75) is 52.5 Å². The molecule has 0 unspecified atom stereocenters. The van der Waals surface area contributed by atoms with E-state index in [1.807, 2.05) is 37.3 Å². The summed E-state index contributed by atoms with van der Waals surface area (Å²) >= 11 is 4.84. The van der Waals surface area contributed by atoms with Gasteiger partial charge in [-0.1, -0.05) is 47.5 Å². The van der Waals surface area contributed by atoms with E-state index in [2.05, 4.69) is 27.8 Å². The summed E-state index contributed by atoms with van der Waals surface area (Å²) in [6.45, 7) is 8.21. The molecular weight excluding hydrogens is 594 g/mol. The number of nitrogens with zero attached hydrogens (tertiary/aromatic N) is 3. The zero-order valence-corrected chi connectivity index (χ0v) is 25.6. The average molecular weight is 629 g/mol. The van der Waals surface area contributed by atoms with Crippen molar-refractivity contribution in [1.29, 1.82) is 0 Å². The molecular formula is C30H34BrN3O5S. The number of carbonyl (C=O) groups is 1. The number of benzene rings is 1. The lowest BCUT2D eigenvalue weighted by molar-refractivity contribution is -0.139. The molecule has 0 saturated carbocycles. The van der Waals surface area contributed by atoms with Gasteiger partial charge in [0.1, 0.15) is 17.6 Å². The van der Waals surface area contributed by atoms with Crippen LogP contribution < -0.4 is 24.5 Å². The number of anilines is 1. The fraction of sp³-hybridized carbons (Fsp3) is 0.433. The second kappa shape index (κ2) is 12.2. The van der Waals surface area contributed by atoms with Crippen molar-refractivity contribution in [3.63, 3.8) is 0 Å². The molecule has 2 aliphatic rings. The molecule has 0 aliphatic carbocycles. The van der Waals surface area contributed by atoms with Gasteiger partial charge in [0, 0.05) is 35.3 Å². The minimum absolute atomic E-state index is 0.214. The Morgan fingerprint density at radius 1 is 1.23 bits per heavy atom. The summed E-state index contributed by atoms with van der Waals surface area (Å²) in [6, 6.07) is 8.67. The Morgan fingerprint density at radius 2 is 2.00 bits per heavy atom. The van der Waals surface area contributed by atoms with E-state index in [9.17, 15) is 9.59 Å². The number of ether oxygens (including phenoxy) is 2. The van der Waals surface area contributed by atoms with E-state index in [0.717, 1.165) is 48.6 Å². The molecule has 1 atom stereocenters. The first-order valence-corrected chi connectivity index (χ1v) is 15.4. The van der Waals surface area contributed by atoms with Crippen molar-refractivity contribution in [2.75, 3.05) is 31.7 Å². The van der Waals surface area contributed by atoms with Gasteiger partial charge in [-0.2, -0.15) is 0 Å². The van der Waals surface area contributed by atoms with Crippen LogP contribution in [0.1, 0.15) is 63.8 Å². The number of fused-ring (bicyclic) bond motifs is 1. The molecule has 1 saturated heterocycles. The third-order valence-electron chi connectivity index (χ3n) is 7.36. The van der Waals surface area contributed by atoms with E-state index in [4.69, 9.17) is 18.9 Å². The van der Waals surface area contributed by atoms with Gasteiger partial charge in [-0.25, -0.2) is 9.79 Å². The van der Waals surface area contributed by atoms with Gasteiger partial charge >= 0.3 is 5.97 Å². The van der Waals surface area contributed by atoms with Crippen molar-refractivity contribution in [3.8, 4) is 5.75 Å².